The number of hydrogen-bond donors (Lipinski definition) is 2. The fraction of sp³-hybridized carbons (Fsp3) is 0.895. The van der Waals surface area contributed by atoms with Crippen LogP contribution in [0.25, 0.3) is 0 Å². The molecule has 3 saturated carbocycles. The van der Waals surface area contributed by atoms with E-state index in [1.807, 2.05) is 0 Å². The van der Waals surface area contributed by atoms with Gasteiger partial charge >= 0.3 is 0 Å². The summed E-state index contributed by atoms with van der Waals surface area (Å²) in [6, 6.07) is 0. The Morgan fingerprint density at radius 3 is 2.59 bits per heavy atom. The minimum atomic E-state index is -0.295. The molecule has 0 bridgehead atoms. The van der Waals surface area contributed by atoms with Crippen LogP contribution in [0.1, 0.15) is 58.8 Å². The smallest absolute Gasteiger partial charge is 0.0854 e. The van der Waals surface area contributed by atoms with E-state index >= 15 is 0 Å². The third-order valence-corrected chi connectivity index (χ3v) is 8.95. The van der Waals surface area contributed by atoms with Crippen molar-refractivity contribution in [2.45, 2.75) is 71.0 Å². The highest BCUT2D eigenvalue weighted by Crippen LogP contribution is 2.65. The fourth-order valence-corrected chi connectivity index (χ4v) is 7.49. The lowest BCUT2D eigenvalue weighted by Crippen LogP contribution is -2.53. The Morgan fingerprint density at radius 1 is 1.05 bits per heavy atom. The van der Waals surface area contributed by atoms with E-state index in [9.17, 15) is 10.2 Å². The van der Waals surface area contributed by atoms with Gasteiger partial charge in [-0.1, -0.05) is 35.9 Å². The molecule has 2 N–H and O–H groups in total. The largest absolute Gasteiger partial charge is 0.393 e. The Balaban J connectivity index is 1.69. The molecule has 0 aliphatic heterocycles. The van der Waals surface area contributed by atoms with Crippen molar-refractivity contribution < 1.29 is 10.2 Å². The van der Waals surface area contributed by atoms with Gasteiger partial charge in [-0.05, 0) is 79.4 Å². The zero-order valence-corrected chi connectivity index (χ0v) is 15.3. The number of halogens is 1. The predicted molar refractivity (Wildman–Crippen MR) is 91.5 cm³/mol. The standard InChI is InChI=1S/C19H29BrO2/c1-18-8-7-14-12(13(18)5-6-17(18)22)4-3-11-9-16(21)15(20)10-19(11,14)2/h10-14,16-17,21-22H,3-9H2,1-2H3/t11-,12-,13-,14-,16+,17-,18-,19-/m0/s1. The molecule has 0 aromatic heterocycles. The fourth-order valence-electron chi connectivity index (χ4n) is 6.81. The highest BCUT2D eigenvalue weighted by molar-refractivity contribution is 9.11. The van der Waals surface area contributed by atoms with Gasteiger partial charge in [0.15, 0.2) is 0 Å². The van der Waals surface area contributed by atoms with Gasteiger partial charge in [-0.25, -0.2) is 0 Å². The molecule has 0 radical (unpaired) electrons. The molecule has 8 atom stereocenters. The van der Waals surface area contributed by atoms with Crippen LogP contribution >= 0.6 is 15.9 Å². The van der Waals surface area contributed by atoms with Gasteiger partial charge in [0.05, 0.1) is 12.2 Å². The maximum atomic E-state index is 10.5. The van der Waals surface area contributed by atoms with Gasteiger partial charge in [-0.15, -0.1) is 0 Å². The Morgan fingerprint density at radius 2 is 1.82 bits per heavy atom. The SMILES string of the molecule is C[C@]12C=C(Br)[C@H](O)C[C@@H]1CC[C@@H]1[C@@H]2CC[C@]2(C)[C@@H](O)CC[C@@H]12. The van der Waals surface area contributed by atoms with Crippen LogP contribution in [-0.2, 0) is 0 Å². The van der Waals surface area contributed by atoms with Gasteiger partial charge in [0, 0.05) is 4.48 Å². The molecule has 0 aromatic carbocycles. The Kier molecular flexibility index (Phi) is 3.61. The second-order valence-electron chi connectivity index (χ2n) is 8.94. The van der Waals surface area contributed by atoms with Crippen molar-refractivity contribution in [2.75, 3.05) is 0 Å². The lowest BCUT2D eigenvalue weighted by atomic mass is 9.46. The predicted octanol–water partition coefficient (Wildman–Crippen LogP) is 4.25. The van der Waals surface area contributed by atoms with Crippen LogP contribution in [0.3, 0.4) is 0 Å². The normalized spacial score (nSPS) is 57.6. The first-order valence-corrected chi connectivity index (χ1v) is 9.90. The maximum Gasteiger partial charge on any atom is 0.0854 e. The number of aliphatic hydroxyl groups excluding tert-OH is 2. The summed E-state index contributed by atoms with van der Waals surface area (Å²) in [7, 11) is 0. The van der Waals surface area contributed by atoms with Crippen LogP contribution in [0.2, 0.25) is 0 Å². The van der Waals surface area contributed by atoms with E-state index in [1.165, 1.54) is 32.1 Å². The zero-order chi connectivity index (χ0) is 15.7. The van der Waals surface area contributed by atoms with Crippen LogP contribution in [0.15, 0.2) is 10.6 Å². The molecule has 22 heavy (non-hydrogen) atoms. The lowest BCUT2D eigenvalue weighted by Gasteiger charge is -2.59. The summed E-state index contributed by atoms with van der Waals surface area (Å²) in [5.74, 6) is 2.83. The molecule has 3 fully saturated rings. The van der Waals surface area contributed by atoms with Gasteiger partial charge in [0.25, 0.3) is 0 Å². The first-order valence-electron chi connectivity index (χ1n) is 9.10. The Hall–Kier alpha value is 0.140. The zero-order valence-electron chi connectivity index (χ0n) is 13.8. The summed E-state index contributed by atoms with van der Waals surface area (Å²) in [5.41, 5.74) is 0.398. The monoisotopic (exact) mass is 368 g/mol. The molecule has 0 saturated heterocycles. The molecular weight excluding hydrogens is 340 g/mol. The van der Waals surface area contributed by atoms with Crippen LogP contribution < -0.4 is 0 Å². The topological polar surface area (TPSA) is 40.5 Å². The molecule has 4 aliphatic rings. The molecule has 0 heterocycles. The summed E-state index contributed by atoms with van der Waals surface area (Å²) in [4.78, 5) is 0. The van der Waals surface area contributed by atoms with Crippen molar-refractivity contribution in [3.05, 3.63) is 10.6 Å². The van der Waals surface area contributed by atoms with Gasteiger partial charge in [0.1, 0.15) is 0 Å². The number of aliphatic hydroxyl groups is 2. The molecule has 124 valence electrons. The van der Waals surface area contributed by atoms with E-state index in [1.54, 1.807) is 0 Å². The van der Waals surface area contributed by atoms with E-state index < -0.39 is 0 Å². The van der Waals surface area contributed by atoms with Gasteiger partial charge in [-0.3, -0.25) is 0 Å². The summed E-state index contributed by atoms with van der Waals surface area (Å²) in [6.07, 6.45) is 10.1. The van der Waals surface area contributed by atoms with Crippen molar-refractivity contribution in [1.82, 2.24) is 0 Å². The van der Waals surface area contributed by atoms with Crippen molar-refractivity contribution >= 4 is 15.9 Å². The minimum absolute atomic E-state index is 0.0839. The van der Waals surface area contributed by atoms with Gasteiger partial charge in [0.2, 0.25) is 0 Å². The second kappa shape index (κ2) is 5.07. The van der Waals surface area contributed by atoms with Gasteiger partial charge in [-0.2, -0.15) is 0 Å². The van der Waals surface area contributed by atoms with E-state index in [4.69, 9.17) is 0 Å². The highest BCUT2D eigenvalue weighted by Gasteiger charge is 2.59. The molecule has 0 amide bonds. The van der Waals surface area contributed by atoms with Crippen molar-refractivity contribution in [3.63, 3.8) is 0 Å². The number of fused-ring (bicyclic) bond motifs is 5. The average molecular weight is 369 g/mol. The third kappa shape index (κ3) is 1.97. The lowest BCUT2D eigenvalue weighted by molar-refractivity contribution is -0.0997. The molecule has 0 unspecified atom stereocenters. The van der Waals surface area contributed by atoms with Gasteiger partial charge < -0.3 is 10.2 Å². The average Bonchev–Trinajstić information content (AvgIpc) is 2.77. The van der Waals surface area contributed by atoms with E-state index in [2.05, 4.69) is 35.9 Å². The van der Waals surface area contributed by atoms with Crippen molar-refractivity contribution in [2.24, 2.45) is 34.5 Å². The van der Waals surface area contributed by atoms with E-state index in [0.29, 0.717) is 11.8 Å². The second-order valence-corrected chi connectivity index (χ2v) is 9.85. The van der Waals surface area contributed by atoms with E-state index in [-0.39, 0.29) is 23.0 Å². The quantitative estimate of drug-likeness (QED) is 0.670. The highest BCUT2D eigenvalue weighted by atomic mass is 79.9. The third-order valence-electron chi connectivity index (χ3n) is 8.19. The summed E-state index contributed by atoms with van der Waals surface area (Å²) < 4.78 is 1.01. The molecular formula is C19H29BrO2. The first kappa shape index (κ1) is 15.7. The van der Waals surface area contributed by atoms with Crippen LogP contribution in [0, 0.1) is 34.5 Å². The summed E-state index contributed by atoms with van der Waals surface area (Å²) >= 11 is 3.62. The summed E-state index contributed by atoms with van der Waals surface area (Å²) in [5, 5.41) is 20.7. The molecule has 4 aliphatic carbocycles. The Labute approximate surface area is 142 Å². The number of allylic oxidation sites excluding steroid dienone is 1. The number of hydrogen-bond acceptors (Lipinski definition) is 2. The Bertz CT molecular complexity index is 504. The van der Waals surface area contributed by atoms with Crippen molar-refractivity contribution in [3.8, 4) is 0 Å². The van der Waals surface area contributed by atoms with Crippen LogP contribution in [-0.4, -0.2) is 22.4 Å². The molecule has 0 spiro atoms. The summed E-state index contributed by atoms with van der Waals surface area (Å²) in [6.45, 7) is 4.78. The molecule has 2 nitrogen and oxygen atoms in total. The maximum absolute atomic E-state index is 10.5. The number of rotatable bonds is 0. The first-order chi connectivity index (χ1) is 10.4. The van der Waals surface area contributed by atoms with Crippen LogP contribution in [0.4, 0.5) is 0 Å². The van der Waals surface area contributed by atoms with E-state index in [0.717, 1.165) is 29.2 Å². The van der Waals surface area contributed by atoms with Crippen LogP contribution in [0.5, 0.6) is 0 Å². The van der Waals surface area contributed by atoms with Crippen molar-refractivity contribution in [1.29, 1.82) is 0 Å². The molecule has 4 rings (SSSR count). The molecule has 3 heteroatoms. The minimum Gasteiger partial charge on any atom is -0.393 e. The molecule has 0 aromatic rings.